The Morgan fingerprint density at radius 3 is 2.76 bits per heavy atom. The highest BCUT2D eigenvalue weighted by molar-refractivity contribution is 7.13. The first-order valence-corrected chi connectivity index (χ1v) is 11.8. The van der Waals surface area contributed by atoms with Crippen LogP contribution in [0, 0.1) is 0 Å². The predicted molar refractivity (Wildman–Crippen MR) is 124 cm³/mol. The third kappa shape index (κ3) is 4.44. The quantitative estimate of drug-likeness (QED) is 0.610. The molecule has 3 aromatic rings. The van der Waals surface area contributed by atoms with E-state index >= 15 is 0 Å². The van der Waals surface area contributed by atoms with E-state index in [1.54, 1.807) is 46.8 Å². The summed E-state index contributed by atoms with van der Waals surface area (Å²) in [6.45, 7) is 0.476. The van der Waals surface area contributed by atoms with Gasteiger partial charge in [-0.05, 0) is 47.2 Å². The minimum Gasteiger partial charge on any atom is -0.368 e. The summed E-state index contributed by atoms with van der Waals surface area (Å²) < 4.78 is 5.52. The zero-order valence-corrected chi connectivity index (χ0v) is 18.7. The van der Waals surface area contributed by atoms with E-state index in [1.807, 2.05) is 35.7 Å². The Kier molecular flexibility index (Phi) is 6.02. The normalized spacial score (nSPS) is 20.5. The molecule has 4 heterocycles. The Morgan fingerprint density at radius 2 is 2.03 bits per heavy atom. The summed E-state index contributed by atoms with van der Waals surface area (Å²) in [6, 6.07) is 13.6. The van der Waals surface area contributed by atoms with Gasteiger partial charge >= 0.3 is 0 Å². The number of fused-ring (bicyclic) bond motifs is 1. The fourth-order valence-corrected chi connectivity index (χ4v) is 5.20. The number of ether oxygens (including phenoxy) is 1. The lowest BCUT2D eigenvalue weighted by Crippen LogP contribution is -2.53. The fourth-order valence-electron chi connectivity index (χ4n) is 4.47. The molecule has 2 aromatic heterocycles. The predicted octanol–water partition coefficient (Wildman–Crippen LogP) is 2.72. The number of hydrogen-bond acceptors (Lipinski definition) is 6. The van der Waals surface area contributed by atoms with Gasteiger partial charge in [0, 0.05) is 35.8 Å². The smallest absolute Gasteiger partial charge is 0.251 e. The lowest BCUT2D eigenvalue weighted by atomic mass is 10.0. The molecule has 2 fully saturated rings. The van der Waals surface area contributed by atoms with Crippen molar-refractivity contribution in [1.82, 2.24) is 15.2 Å². The van der Waals surface area contributed by atoms with E-state index in [9.17, 15) is 14.4 Å². The number of likely N-dealkylation sites (tertiary alicyclic amines) is 1. The zero-order chi connectivity index (χ0) is 22.8. The van der Waals surface area contributed by atoms with E-state index in [0.29, 0.717) is 18.5 Å². The number of carbonyl (C=O) groups excluding carboxylic acids is 3. The number of thiophene rings is 1. The molecule has 0 aliphatic carbocycles. The largest absolute Gasteiger partial charge is 0.368 e. The first-order valence-electron chi connectivity index (χ1n) is 10.9. The molecule has 1 N–H and O–H groups in total. The SMILES string of the molecule is O=C(NC(Cc1cccnc1)C(=O)N1CCC2OCC(=O)C21)c1ccc(-c2cccs2)cc1. The molecule has 0 bridgehead atoms. The average molecular weight is 462 g/mol. The van der Waals surface area contributed by atoms with Crippen molar-refractivity contribution >= 4 is 28.9 Å². The summed E-state index contributed by atoms with van der Waals surface area (Å²) in [6.07, 6.45) is 4.00. The molecule has 8 heteroatoms. The number of pyridine rings is 1. The number of Topliss-reactive ketones (excluding diaryl/α,β-unsaturated/α-hetero) is 1. The second-order valence-corrected chi connectivity index (χ2v) is 9.17. The number of hydrogen-bond donors (Lipinski definition) is 1. The van der Waals surface area contributed by atoms with Crippen LogP contribution in [0.4, 0.5) is 0 Å². The van der Waals surface area contributed by atoms with Gasteiger partial charge in [0.2, 0.25) is 5.91 Å². The summed E-state index contributed by atoms with van der Waals surface area (Å²) in [5.41, 5.74) is 2.33. The van der Waals surface area contributed by atoms with Gasteiger partial charge in [-0.25, -0.2) is 0 Å². The maximum atomic E-state index is 13.5. The number of carbonyl (C=O) groups is 3. The van der Waals surface area contributed by atoms with Crippen molar-refractivity contribution in [3.05, 3.63) is 77.4 Å². The maximum absolute atomic E-state index is 13.5. The van der Waals surface area contributed by atoms with Crippen molar-refractivity contribution in [1.29, 1.82) is 0 Å². The number of aromatic nitrogens is 1. The van der Waals surface area contributed by atoms with Crippen LogP contribution in [0.15, 0.2) is 66.3 Å². The van der Waals surface area contributed by atoms with E-state index in [-0.39, 0.29) is 36.7 Å². The Hall–Kier alpha value is -3.36. The Balaban J connectivity index is 1.35. The van der Waals surface area contributed by atoms with Crippen molar-refractivity contribution in [2.45, 2.75) is 31.0 Å². The molecule has 0 radical (unpaired) electrons. The van der Waals surface area contributed by atoms with Crippen LogP contribution < -0.4 is 5.32 Å². The Bertz CT molecular complexity index is 1150. The number of nitrogens with zero attached hydrogens (tertiary/aromatic N) is 2. The summed E-state index contributed by atoms with van der Waals surface area (Å²) in [5, 5.41) is 4.91. The van der Waals surface area contributed by atoms with Gasteiger partial charge in [0.25, 0.3) is 5.91 Å². The van der Waals surface area contributed by atoms with E-state index in [2.05, 4.69) is 10.3 Å². The fraction of sp³-hybridized carbons (Fsp3) is 0.280. The number of rotatable bonds is 6. The second-order valence-electron chi connectivity index (χ2n) is 8.23. The average Bonchev–Trinajstić information content (AvgIpc) is 3.59. The van der Waals surface area contributed by atoms with E-state index in [1.165, 1.54) is 0 Å². The molecule has 33 heavy (non-hydrogen) atoms. The van der Waals surface area contributed by atoms with Gasteiger partial charge in [-0.15, -0.1) is 11.3 Å². The van der Waals surface area contributed by atoms with Gasteiger partial charge in [0.05, 0.1) is 6.10 Å². The molecule has 2 amide bonds. The van der Waals surface area contributed by atoms with Gasteiger partial charge in [-0.2, -0.15) is 0 Å². The van der Waals surface area contributed by atoms with Gasteiger partial charge in [0.15, 0.2) is 5.78 Å². The monoisotopic (exact) mass is 461 g/mol. The van der Waals surface area contributed by atoms with Crippen molar-refractivity contribution in [3.8, 4) is 10.4 Å². The molecular formula is C25H23N3O4S. The standard InChI is InChI=1S/C25H23N3O4S/c29-20-15-32-21-9-11-28(23(20)21)25(31)19(13-16-3-1-10-26-14-16)27-24(30)18-7-5-17(6-8-18)22-4-2-12-33-22/h1-8,10,12,14,19,21,23H,9,11,13,15H2,(H,27,30). The van der Waals surface area contributed by atoms with Crippen LogP contribution in [0.3, 0.4) is 0 Å². The molecule has 1 aromatic carbocycles. The highest BCUT2D eigenvalue weighted by Gasteiger charge is 2.48. The second kappa shape index (κ2) is 9.25. The third-order valence-corrected chi connectivity index (χ3v) is 7.03. The summed E-state index contributed by atoms with van der Waals surface area (Å²) in [4.78, 5) is 45.7. The molecule has 5 rings (SSSR count). The molecule has 2 aliphatic rings. The highest BCUT2D eigenvalue weighted by Crippen LogP contribution is 2.28. The maximum Gasteiger partial charge on any atom is 0.251 e. The summed E-state index contributed by atoms with van der Waals surface area (Å²) in [7, 11) is 0. The van der Waals surface area contributed by atoms with E-state index < -0.39 is 12.1 Å². The Labute approximate surface area is 195 Å². The Morgan fingerprint density at radius 1 is 1.18 bits per heavy atom. The van der Waals surface area contributed by atoms with Gasteiger partial charge < -0.3 is 15.0 Å². The molecule has 168 valence electrons. The lowest BCUT2D eigenvalue weighted by Gasteiger charge is -2.27. The minimum absolute atomic E-state index is 0.0370. The van der Waals surface area contributed by atoms with Crippen molar-refractivity contribution in [2.75, 3.05) is 13.2 Å². The first-order chi connectivity index (χ1) is 16.1. The number of ketones is 1. The molecule has 0 spiro atoms. The molecule has 0 saturated carbocycles. The minimum atomic E-state index is -0.814. The zero-order valence-electron chi connectivity index (χ0n) is 17.8. The molecule has 3 unspecified atom stereocenters. The van der Waals surface area contributed by atoms with Crippen LogP contribution in [-0.2, 0) is 20.7 Å². The molecule has 3 atom stereocenters. The van der Waals surface area contributed by atoms with Crippen molar-refractivity contribution in [2.24, 2.45) is 0 Å². The van der Waals surface area contributed by atoms with E-state index in [4.69, 9.17) is 4.74 Å². The third-order valence-electron chi connectivity index (χ3n) is 6.11. The number of nitrogens with one attached hydrogen (secondary N) is 1. The lowest BCUT2D eigenvalue weighted by molar-refractivity contribution is -0.138. The number of amides is 2. The first kappa shape index (κ1) is 21.5. The van der Waals surface area contributed by atoms with Crippen LogP contribution in [0.5, 0.6) is 0 Å². The van der Waals surface area contributed by atoms with Crippen molar-refractivity contribution < 1.29 is 19.1 Å². The van der Waals surface area contributed by atoms with Gasteiger partial charge in [-0.1, -0.05) is 24.3 Å². The van der Waals surface area contributed by atoms with Crippen LogP contribution >= 0.6 is 11.3 Å². The topological polar surface area (TPSA) is 88.6 Å². The van der Waals surface area contributed by atoms with Crippen LogP contribution in [0.2, 0.25) is 0 Å². The van der Waals surface area contributed by atoms with Crippen LogP contribution in [0.1, 0.15) is 22.3 Å². The van der Waals surface area contributed by atoms with Crippen molar-refractivity contribution in [3.63, 3.8) is 0 Å². The van der Waals surface area contributed by atoms with Crippen LogP contribution in [0.25, 0.3) is 10.4 Å². The molecule has 2 saturated heterocycles. The van der Waals surface area contributed by atoms with E-state index in [0.717, 1.165) is 16.0 Å². The van der Waals surface area contributed by atoms with Gasteiger partial charge in [0.1, 0.15) is 18.7 Å². The number of benzene rings is 1. The molecular weight excluding hydrogens is 438 g/mol. The summed E-state index contributed by atoms with van der Waals surface area (Å²) >= 11 is 1.63. The molecule has 7 nitrogen and oxygen atoms in total. The highest BCUT2D eigenvalue weighted by atomic mass is 32.1. The van der Waals surface area contributed by atoms with Crippen LogP contribution in [-0.4, -0.2) is 58.8 Å². The molecule has 2 aliphatic heterocycles. The van der Waals surface area contributed by atoms with Gasteiger partial charge in [-0.3, -0.25) is 19.4 Å². The summed E-state index contributed by atoms with van der Waals surface area (Å²) in [5.74, 6) is -0.685.